The van der Waals surface area contributed by atoms with Gasteiger partial charge in [0.05, 0.1) is 0 Å². The Bertz CT molecular complexity index is 771. The minimum atomic E-state index is 0.665. The molecule has 27 heavy (non-hydrogen) atoms. The maximum Gasteiger partial charge on any atom is 0.191 e. The molecular weight excluding hydrogens is 360 g/mol. The molecule has 144 valence electrons. The predicted octanol–water partition coefficient (Wildman–Crippen LogP) is 2.35. The summed E-state index contributed by atoms with van der Waals surface area (Å²) in [6.45, 7) is 5.46. The van der Waals surface area contributed by atoms with E-state index in [1.165, 1.54) is 5.56 Å². The van der Waals surface area contributed by atoms with Gasteiger partial charge in [-0.1, -0.05) is 29.8 Å². The molecule has 1 aliphatic rings. The van der Waals surface area contributed by atoms with Crippen LogP contribution in [-0.4, -0.2) is 56.1 Å². The van der Waals surface area contributed by atoms with Crippen LogP contribution in [0, 0.1) is 0 Å². The van der Waals surface area contributed by atoms with E-state index < -0.39 is 0 Å². The lowest BCUT2D eigenvalue weighted by atomic mass is 10.2. The second kappa shape index (κ2) is 9.58. The second-order valence-corrected chi connectivity index (χ2v) is 7.12. The number of pyridine rings is 1. The first-order valence-corrected chi connectivity index (χ1v) is 9.60. The van der Waals surface area contributed by atoms with Crippen molar-refractivity contribution in [3.05, 3.63) is 58.7 Å². The Kier molecular flexibility index (Phi) is 6.90. The summed E-state index contributed by atoms with van der Waals surface area (Å²) in [7, 11) is 3.94. The Morgan fingerprint density at radius 3 is 2.63 bits per heavy atom. The van der Waals surface area contributed by atoms with Crippen molar-refractivity contribution in [2.45, 2.75) is 13.1 Å². The van der Waals surface area contributed by atoms with Crippen molar-refractivity contribution in [1.29, 1.82) is 0 Å². The number of aromatic nitrogens is 1. The highest BCUT2D eigenvalue weighted by Gasteiger charge is 2.17. The molecule has 2 heterocycles. The number of guanidine groups is 1. The standard InChI is InChI=1S/C20H27ClN6/c1-22-20(24-14-16-5-3-7-18(21)13-16)25-15-17-6-4-8-23-19(17)27-11-9-26(2)10-12-27/h3-8,13H,9-12,14-15H2,1-2H3,(H2,22,24,25). The van der Waals surface area contributed by atoms with Gasteiger partial charge < -0.3 is 20.4 Å². The molecule has 0 radical (unpaired) electrons. The number of nitrogens with zero attached hydrogens (tertiary/aromatic N) is 4. The van der Waals surface area contributed by atoms with Gasteiger partial charge in [0, 0.05) is 63.1 Å². The molecule has 6 nitrogen and oxygen atoms in total. The number of likely N-dealkylation sites (N-methyl/N-ethyl adjacent to an activating group) is 1. The lowest BCUT2D eigenvalue weighted by Crippen LogP contribution is -2.45. The molecule has 0 spiro atoms. The van der Waals surface area contributed by atoms with E-state index in [1.54, 1.807) is 7.05 Å². The van der Waals surface area contributed by atoms with E-state index in [1.807, 2.05) is 36.5 Å². The monoisotopic (exact) mass is 386 g/mol. The normalized spacial score (nSPS) is 15.7. The molecule has 7 heteroatoms. The number of piperazine rings is 1. The van der Waals surface area contributed by atoms with Crippen LogP contribution in [0.1, 0.15) is 11.1 Å². The van der Waals surface area contributed by atoms with E-state index in [9.17, 15) is 0 Å². The van der Waals surface area contributed by atoms with Crippen LogP contribution in [0.5, 0.6) is 0 Å². The zero-order valence-electron chi connectivity index (χ0n) is 16.0. The highest BCUT2D eigenvalue weighted by atomic mass is 35.5. The minimum Gasteiger partial charge on any atom is -0.354 e. The fourth-order valence-electron chi connectivity index (χ4n) is 3.10. The summed E-state index contributed by atoms with van der Waals surface area (Å²) in [4.78, 5) is 13.6. The van der Waals surface area contributed by atoms with Crippen LogP contribution < -0.4 is 15.5 Å². The first kappa shape index (κ1) is 19.5. The van der Waals surface area contributed by atoms with Crippen molar-refractivity contribution >= 4 is 23.4 Å². The van der Waals surface area contributed by atoms with Gasteiger partial charge in [0.25, 0.3) is 0 Å². The molecule has 2 N–H and O–H groups in total. The van der Waals surface area contributed by atoms with Gasteiger partial charge in [0.15, 0.2) is 5.96 Å². The van der Waals surface area contributed by atoms with Crippen molar-refractivity contribution in [3.8, 4) is 0 Å². The first-order valence-electron chi connectivity index (χ1n) is 9.22. The van der Waals surface area contributed by atoms with Gasteiger partial charge >= 0.3 is 0 Å². The molecule has 1 aliphatic heterocycles. The molecule has 0 atom stereocenters. The van der Waals surface area contributed by atoms with Crippen LogP contribution in [0.2, 0.25) is 5.02 Å². The predicted molar refractivity (Wildman–Crippen MR) is 112 cm³/mol. The number of anilines is 1. The summed E-state index contributed by atoms with van der Waals surface area (Å²) in [5, 5.41) is 7.46. The van der Waals surface area contributed by atoms with E-state index in [-0.39, 0.29) is 0 Å². The summed E-state index contributed by atoms with van der Waals surface area (Å²) in [5.74, 6) is 1.81. The Morgan fingerprint density at radius 1 is 1.11 bits per heavy atom. The summed E-state index contributed by atoms with van der Waals surface area (Å²) < 4.78 is 0. The lowest BCUT2D eigenvalue weighted by molar-refractivity contribution is 0.312. The first-order chi connectivity index (χ1) is 13.2. The summed E-state index contributed by atoms with van der Waals surface area (Å²) in [5.41, 5.74) is 2.29. The second-order valence-electron chi connectivity index (χ2n) is 6.69. The van der Waals surface area contributed by atoms with E-state index in [0.717, 1.165) is 48.5 Å². The van der Waals surface area contributed by atoms with Gasteiger partial charge in [-0.05, 0) is 30.8 Å². The zero-order chi connectivity index (χ0) is 19.1. The third-order valence-electron chi connectivity index (χ3n) is 4.69. The Morgan fingerprint density at radius 2 is 1.89 bits per heavy atom. The number of aliphatic imine (C=N–C) groups is 1. The lowest BCUT2D eigenvalue weighted by Gasteiger charge is -2.34. The van der Waals surface area contributed by atoms with Gasteiger partial charge in [-0.25, -0.2) is 4.98 Å². The van der Waals surface area contributed by atoms with E-state index in [0.29, 0.717) is 13.1 Å². The summed E-state index contributed by atoms with van der Waals surface area (Å²) in [6.07, 6.45) is 1.86. The molecule has 1 aromatic carbocycles. The Balaban J connectivity index is 1.58. The molecule has 0 amide bonds. The highest BCUT2D eigenvalue weighted by molar-refractivity contribution is 6.30. The number of hydrogen-bond acceptors (Lipinski definition) is 4. The van der Waals surface area contributed by atoms with Crippen LogP contribution >= 0.6 is 11.6 Å². The smallest absolute Gasteiger partial charge is 0.191 e. The Hall–Kier alpha value is -2.31. The summed E-state index contributed by atoms with van der Waals surface area (Å²) in [6, 6.07) is 11.9. The number of nitrogens with one attached hydrogen (secondary N) is 2. The van der Waals surface area contributed by atoms with Crippen molar-refractivity contribution in [2.24, 2.45) is 4.99 Å². The van der Waals surface area contributed by atoms with E-state index in [4.69, 9.17) is 11.6 Å². The topological polar surface area (TPSA) is 55.8 Å². The van der Waals surface area contributed by atoms with Gasteiger partial charge in [0.2, 0.25) is 0 Å². The Labute approximate surface area is 166 Å². The van der Waals surface area contributed by atoms with Crippen LogP contribution in [0.4, 0.5) is 5.82 Å². The molecule has 0 saturated carbocycles. The fraction of sp³-hybridized carbons (Fsp3) is 0.400. The molecule has 1 fully saturated rings. The fourth-order valence-corrected chi connectivity index (χ4v) is 3.32. The SMILES string of the molecule is CN=C(NCc1cccc(Cl)c1)NCc1cccnc1N1CCN(C)CC1. The average molecular weight is 387 g/mol. The van der Waals surface area contributed by atoms with E-state index >= 15 is 0 Å². The molecule has 3 rings (SSSR count). The maximum atomic E-state index is 6.05. The van der Waals surface area contributed by atoms with Gasteiger partial charge in [-0.2, -0.15) is 0 Å². The molecule has 0 aliphatic carbocycles. The average Bonchev–Trinajstić information content (AvgIpc) is 2.69. The molecular formula is C20H27ClN6. The van der Waals surface area contributed by atoms with Crippen LogP contribution in [-0.2, 0) is 13.1 Å². The highest BCUT2D eigenvalue weighted by Crippen LogP contribution is 2.18. The van der Waals surface area contributed by atoms with Crippen LogP contribution in [0.25, 0.3) is 0 Å². The largest absolute Gasteiger partial charge is 0.354 e. The molecule has 2 aromatic rings. The number of halogens is 1. The van der Waals surface area contributed by atoms with Gasteiger partial charge in [-0.3, -0.25) is 4.99 Å². The summed E-state index contributed by atoms with van der Waals surface area (Å²) >= 11 is 6.05. The maximum absolute atomic E-state index is 6.05. The van der Waals surface area contributed by atoms with Crippen molar-refractivity contribution in [3.63, 3.8) is 0 Å². The minimum absolute atomic E-state index is 0.665. The van der Waals surface area contributed by atoms with Gasteiger partial charge in [0.1, 0.15) is 5.82 Å². The number of benzene rings is 1. The third kappa shape index (κ3) is 5.58. The van der Waals surface area contributed by atoms with Crippen molar-refractivity contribution in [2.75, 3.05) is 45.2 Å². The van der Waals surface area contributed by atoms with Crippen LogP contribution in [0.15, 0.2) is 47.6 Å². The number of rotatable bonds is 5. The molecule has 0 unspecified atom stereocenters. The van der Waals surface area contributed by atoms with Crippen LogP contribution in [0.3, 0.4) is 0 Å². The van der Waals surface area contributed by atoms with Crippen molar-refractivity contribution in [1.82, 2.24) is 20.5 Å². The zero-order valence-corrected chi connectivity index (χ0v) is 16.7. The quantitative estimate of drug-likeness (QED) is 0.610. The molecule has 0 bridgehead atoms. The third-order valence-corrected chi connectivity index (χ3v) is 4.92. The van der Waals surface area contributed by atoms with E-state index in [2.05, 4.69) is 43.5 Å². The van der Waals surface area contributed by atoms with Crippen molar-refractivity contribution < 1.29 is 0 Å². The van der Waals surface area contributed by atoms with Gasteiger partial charge in [-0.15, -0.1) is 0 Å². The molecule has 1 saturated heterocycles. The number of hydrogen-bond donors (Lipinski definition) is 2. The molecule has 1 aromatic heterocycles.